The van der Waals surface area contributed by atoms with Gasteiger partial charge in [0.2, 0.25) is 0 Å². The standard InChI is InChI=1S/C12H22F3NO/c1-2-17-11(7-3-4-8-11)10(16)6-5-9-12(13,14)15/h10H,2-9,16H2,1H3. The Kier molecular flexibility index (Phi) is 5.25. The molecule has 102 valence electrons. The normalized spacial score (nSPS) is 21.7. The zero-order valence-electron chi connectivity index (χ0n) is 10.4. The molecule has 1 fully saturated rings. The monoisotopic (exact) mass is 253 g/mol. The summed E-state index contributed by atoms with van der Waals surface area (Å²) in [6.45, 7) is 2.48. The Balaban J connectivity index is 2.41. The molecule has 5 heteroatoms. The Morgan fingerprint density at radius 3 is 2.35 bits per heavy atom. The first kappa shape index (κ1) is 14.8. The maximum Gasteiger partial charge on any atom is 0.389 e. The molecule has 0 radical (unpaired) electrons. The van der Waals surface area contributed by atoms with E-state index in [1.807, 2.05) is 6.92 Å². The fourth-order valence-electron chi connectivity index (χ4n) is 2.67. The first-order chi connectivity index (χ1) is 7.90. The smallest absolute Gasteiger partial charge is 0.374 e. The predicted molar refractivity (Wildman–Crippen MR) is 60.7 cm³/mol. The second kappa shape index (κ2) is 6.05. The van der Waals surface area contributed by atoms with Crippen LogP contribution in [0.25, 0.3) is 0 Å². The number of hydrogen-bond donors (Lipinski definition) is 1. The van der Waals surface area contributed by atoms with Crippen molar-refractivity contribution in [3.05, 3.63) is 0 Å². The maximum atomic E-state index is 12.1. The zero-order chi connectivity index (χ0) is 12.9. The molecule has 1 atom stereocenters. The highest BCUT2D eigenvalue weighted by Gasteiger charge is 2.40. The van der Waals surface area contributed by atoms with Gasteiger partial charge in [0.1, 0.15) is 0 Å². The minimum absolute atomic E-state index is 0.0967. The van der Waals surface area contributed by atoms with Crippen LogP contribution in [0.1, 0.15) is 51.9 Å². The number of ether oxygens (including phenoxy) is 1. The number of rotatable bonds is 6. The summed E-state index contributed by atoms with van der Waals surface area (Å²) in [6.07, 6.45) is -0.446. The third-order valence-corrected chi connectivity index (χ3v) is 3.53. The minimum atomic E-state index is -4.08. The minimum Gasteiger partial charge on any atom is -0.374 e. The Bertz CT molecular complexity index is 224. The Labute approximate surface area is 101 Å². The van der Waals surface area contributed by atoms with E-state index in [1.165, 1.54) is 0 Å². The molecular formula is C12H22F3NO. The van der Waals surface area contributed by atoms with Crippen LogP contribution in [0.4, 0.5) is 13.2 Å². The first-order valence-electron chi connectivity index (χ1n) is 6.36. The molecule has 0 aromatic heterocycles. The summed E-state index contributed by atoms with van der Waals surface area (Å²) in [7, 11) is 0. The van der Waals surface area contributed by atoms with Crippen molar-refractivity contribution in [1.29, 1.82) is 0 Å². The average molecular weight is 253 g/mol. The first-order valence-corrected chi connectivity index (χ1v) is 6.36. The van der Waals surface area contributed by atoms with E-state index in [0.29, 0.717) is 13.0 Å². The summed E-state index contributed by atoms with van der Waals surface area (Å²) in [4.78, 5) is 0. The van der Waals surface area contributed by atoms with Crippen molar-refractivity contribution in [2.45, 2.75) is 69.7 Å². The van der Waals surface area contributed by atoms with Crippen LogP contribution >= 0.6 is 0 Å². The second-order valence-electron chi connectivity index (χ2n) is 4.82. The van der Waals surface area contributed by atoms with Gasteiger partial charge < -0.3 is 10.5 Å². The highest BCUT2D eigenvalue weighted by atomic mass is 19.4. The third-order valence-electron chi connectivity index (χ3n) is 3.53. The van der Waals surface area contributed by atoms with Crippen molar-refractivity contribution >= 4 is 0 Å². The van der Waals surface area contributed by atoms with Crippen LogP contribution in [0.3, 0.4) is 0 Å². The van der Waals surface area contributed by atoms with Crippen molar-refractivity contribution in [3.63, 3.8) is 0 Å². The number of halogens is 3. The van der Waals surface area contributed by atoms with Gasteiger partial charge in [-0.05, 0) is 32.6 Å². The molecular weight excluding hydrogens is 231 g/mol. The number of alkyl halides is 3. The van der Waals surface area contributed by atoms with Gasteiger partial charge >= 0.3 is 6.18 Å². The third kappa shape index (κ3) is 4.47. The topological polar surface area (TPSA) is 35.2 Å². The molecule has 1 aliphatic rings. The van der Waals surface area contributed by atoms with E-state index in [4.69, 9.17) is 10.5 Å². The van der Waals surface area contributed by atoms with Crippen LogP contribution in [-0.2, 0) is 4.74 Å². The lowest BCUT2D eigenvalue weighted by molar-refractivity contribution is -0.137. The lowest BCUT2D eigenvalue weighted by Gasteiger charge is -2.35. The summed E-state index contributed by atoms with van der Waals surface area (Å²) in [5, 5.41) is 0. The summed E-state index contributed by atoms with van der Waals surface area (Å²) < 4.78 is 41.9. The largest absolute Gasteiger partial charge is 0.389 e. The lowest BCUT2D eigenvalue weighted by Crippen LogP contribution is -2.48. The van der Waals surface area contributed by atoms with Crippen molar-refractivity contribution in [2.24, 2.45) is 5.73 Å². The van der Waals surface area contributed by atoms with Gasteiger partial charge in [0, 0.05) is 19.1 Å². The SMILES string of the molecule is CCOC1(C(N)CCCC(F)(F)F)CCCC1. The second-order valence-corrected chi connectivity index (χ2v) is 4.82. The summed E-state index contributed by atoms with van der Waals surface area (Å²) in [5.74, 6) is 0. The molecule has 0 bridgehead atoms. The molecule has 0 aliphatic heterocycles. The van der Waals surface area contributed by atoms with E-state index in [0.717, 1.165) is 25.7 Å². The van der Waals surface area contributed by atoms with Gasteiger partial charge in [0.25, 0.3) is 0 Å². The van der Waals surface area contributed by atoms with Crippen LogP contribution in [0.2, 0.25) is 0 Å². The molecule has 1 rings (SSSR count). The van der Waals surface area contributed by atoms with E-state index < -0.39 is 12.6 Å². The summed E-state index contributed by atoms with van der Waals surface area (Å²) >= 11 is 0. The van der Waals surface area contributed by atoms with Crippen LogP contribution in [0, 0.1) is 0 Å². The average Bonchev–Trinajstić information content (AvgIpc) is 2.66. The van der Waals surface area contributed by atoms with Crippen molar-refractivity contribution in [1.82, 2.24) is 0 Å². The molecule has 1 aliphatic carbocycles. The van der Waals surface area contributed by atoms with Gasteiger partial charge in [0.05, 0.1) is 5.60 Å². The van der Waals surface area contributed by atoms with Crippen LogP contribution in [0.15, 0.2) is 0 Å². The van der Waals surface area contributed by atoms with E-state index in [2.05, 4.69) is 0 Å². The quantitative estimate of drug-likeness (QED) is 0.787. The molecule has 0 spiro atoms. The van der Waals surface area contributed by atoms with Crippen LogP contribution in [-0.4, -0.2) is 24.4 Å². The molecule has 2 nitrogen and oxygen atoms in total. The molecule has 0 aromatic rings. The van der Waals surface area contributed by atoms with E-state index >= 15 is 0 Å². The van der Waals surface area contributed by atoms with E-state index in [-0.39, 0.29) is 18.1 Å². The highest BCUT2D eigenvalue weighted by molar-refractivity contribution is 4.95. The van der Waals surface area contributed by atoms with Gasteiger partial charge in [-0.15, -0.1) is 0 Å². The number of nitrogens with two attached hydrogens (primary N) is 1. The van der Waals surface area contributed by atoms with E-state index in [9.17, 15) is 13.2 Å². The molecule has 0 saturated heterocycles. The Morgan fingerprint density at radius 1 is 1.29 bits per heavy atom. The highest BCUT2D eigenvalue weighted by Crippen LogP contribution is 2.37. The van der Waals surface area contributed by atoms with Gasteiger partial charge in [-0.3, -0.25) is 0 Å². The van der Waals surface area contributed by atoms with Crippen molar-refractivity contribution in [2.75, 3.05) is 6.61 Å². The molecule has 0 amide bonds. The lowest BCUT2D eigenvalue weighted by atomic mass is 9.89. The molecule has 1 unspecified atom stereocenters. The van der Waals surface area contributed by atoms with Crippen LogP contribution < -0.4 is 5.73 Å². The van der Waals surface area contributed by atoms with Crippen LogP contribution in [0.5, 0.6) is 0 Å². The molecule has 17 heavy (non-hydrogen) atoms. The van der Waals surface area contributed by atoms with Crippen molar-refractivity contribution < 1.29 is 17.9 Å². The fraction of sp³-hybridized carbons (Fsp3) is 1.00. The summed E-state index contributed by atoms with van der Waals surface area (Å²) in [5.41, 5.74) is 5.68. The Hall–Kier alpha value is -0.290. The molecule has 1 saturated carbocycles. The van der Waals surface area contributed by atoms with Gasteiger partial charge in [0.15, 0.2) is 0 Å². The maximum absolute atomic E-state index is 12.1. The van der Waals surface area contributed by atoms with E-state index in [1.54, 1.807) is 0 Å². The van der Waals surface area contributed by atoms with Gasteiger partial charge in [-0.1, -0.05) is 12.8 Å². The molecule has 2 N–H and O–H groups in total. The van der Waals surface area contributed by atoms with Gasteiger partial charge in [-0.2, -0.15) is 13.2 Å². The Morgan fingerprint density at radius 2 is 1.88 bits per heavy atom. The fourth-order valence-corrected chi connectivity index (χ4v) is 2.67. The number of hydrogen-bond acceptors (Lipinski definition) is 2. The van der Waals surface area contributed by atoms with Gasteiger partial charge in [-0.25, -0.2) is 0 Å². The summed E-state index contributed by atoms with van der Waals surface area (Å²) in [6, 6.07) is -0.271. The van der Waals surface area contributed by atoms with Crippen molar-refractivity contribution in [3.8, 4) is 0 Å². The predicted octanol–water partition coefficient (Wildman–Crippen LogP) is 3.40. The zero-order valence-corrected chi connectivity index (χ0v) is 10.4. The molecule has 0 heterocycles. The molecule has 0 aromatic carbocycles.